The highest BCUT2D eigenvalue weighted by Crippen LogP contribution is 2.44. The molecule has 1 aromatic carbocycles. The molecule has 3 rings (SSSR count). The van der Waals surface area contributed by atoms with Crippen LogP contribution in [0.2, 0.25) is 0 Å². The minimum Gasteiger partial charge on any atom is -0.406 e. The summed E-state index contributed by atoms with van der Waals surface area (Å²) in [4.78, 5) is 26.4. The number of nitrogens with zero attached hydrogens (tertiary/aromatic N) is 1. The third kappa shape index (κ3) is 3.89. The number of imide groups is 1. The summed E-state index contributed by atoms with van der Waals surface area (Å²) in [6.07, 6.45) is -2.00. The van der Waals surface area contributed by atoms with Gasteiger partial charge in [-0.15, -0.1) is 13.2 Å². The van der Waals surface area contributed by atoms with Gasteiger partial charge in [0.25, 0.3) is 5.91 Å². The molecule has 2 fully saturated rings. The molecule has 1 heterocycles. The Morgan fingerprint density at radius 3 is 2.11 bits per heavy atom. The van der Waals surface area contributed by atoms with Crippen molar-refractivity contribution in [2.45, 2.75) is 58.4 Å². The summed E-state index contributed by atoms with van der Waals surface area (Å²) in [6.45, 7) is 6.50. The summed E-state index contributed by atoms with van der Waals surface area (Å²) in [5.41, 5.74) is -0.553. The molecule has 0 unspecified atom stereocenters. The van der Waals surface area contributed by atoms with Crippen LogP contribution < -0.4 is 15.0 Å². The number of urea groups is 1. The summed E-state index contributed by atoms with van der Waals surface area (Å²) in [5, 5.41) is 2.82. The third-order valence-electron chi connectivity index (χ3n) is 5.55. The second-order valence-corrected chi connectivity index (χ2v) is 8.33. The third-order valence-corrected chi connectivity index (χ3v) is 5.55. The predicted molar refractivity (Wildman–Crippen MR) is 93.3 cm³/mol. The van der Waals surface area contributed by atoms with Crippen LogP contribution in [0, 0.1) is 11.3 Å². The Morgan fingerprint density at radius 2 is 1.63 bits per heavy atom. The molecular formula is C19H23F3N2O3. The zero-order valence-corrected chi connectivity index (χ0v) is 15.5. The molecule has 1 saturated carbocycles. The van der Waals surface area contributed by atoms with Gasteiger partial charge in [-0.2, -0.15) is 0 Å². The molecule has 1 aromatic rings. The lowest BCUT2D eigenvalue weighted by atomic mass is 9.67. The van der Waals surface area contributed by atoms with Gasteiger partial charge in [0, 0.05) is 0 Å². The van der Waals surface area contributed by atoms with Crippen molar-refractivity contribution >= 4 is 17.6 Å². The minimum atomic E-state index is -4.79. The van der Waals surface area contributed by atoms with Gasteiger partial charge < -0.3 is 10.1 Å². The van der Waals surface area contributed by atoms with Crippen molar-refractivity contribution in [1.29, 1.82) is 0 Å². The van der Waals surface area contributed by atoms with E-state index < -0.39 is 23.7 Å². The number of carbonyl (C=O) groups is 2. The van der Waals surface area contributed by atoms with Crippen molar-refractivity contribution in [3.63, 3.8) is 0 Å². The van der Waals surface area contributed by atoms with Crippen LogP contribution in [-0.2, 0) is 4.79 Å². The summed E-state index contributed by atoms with van der Waals surface area (Å²) < 4.78 is 40.6. The second-order valence-electron chi connectivity index (χ2n) is 8.33. The number of carbonyl (C=O) groups excluding carboxylic acids is 2. The van der Waals surface area contributed by atoms with E-state index in [1.807, 2.05) is 0 Å². The highest BCUT2D eigenvalue weighted by atomic mass is 19.4. The fourth-order valence-corrected chi connectivity index (χ4v) is 3.97. The zero-order chi connectivity index (χ0) is 20.0. The van der Waals surface area contributed by atoms with Crippen molar-refractivity contribution in [1.82, 2.24) is 5.32 Å². The number of ether oxygens (including phenoxy) is 1. The maximum Gasteiger partial charge on any atom is 0.573 e. The van der Waals surface area contributed by atoms with E-state index in [1.54, 1.807) is 0 Å². The van der Waals surface area contributed by atoms with Gasteiger partial charge in [0.2, 0.25) is 0 Å². The number of hydrogen-bond donors (Lipinski definition) is 1. The monoisotopic (exact) mass is 384 g/mol. The average Bonchev–Trinajstić information content (AvgIpc) is 2.77. The number of benzene rings is 1. The van der Waals surface area contributed by atoms with E-state index >= 15 is 0 Å². The zero-order valence-electron chi connectivity index (χ0n) is 15.5. The molecule has 0 radical (unpaired) electrons. The Hall–Kier alpha value is -2.25. The molecule has 8 heteroatoms. The van der Waals surface area contributed by atoms with Gasteiger partial charge >= 0.3 is 12.4 Å². The standard InChI is InChI=1S/C19H23F3N2O3/c1-17(2,3)12-8-10-18(11-9-12)15(25)24(16(26)23-18)13-4-6-14(7-5-13)27-19(20,21)22/h4-7,12H,8-11H2,1-3H3,(H,23,26). The van der Waals surface area contributed by atoms with E-state index in [0.717, 1.165) is 29.9 Å². The van der Waals surface area contributed by atoms with Crippen LogP contribution in [0.25, 0.3) is 0 Å². The lowest BCUT2D eigenvalue weighted by molar-refractivity contribution is -0.274. The molecule has 1 spiro atoms. The molecule has 3 amide bonds. The fraction of sp³-hybridized carbons (Fsp3) is 0.579. The SMILES string of the molecule is CC(C)(C)C1CCC2(CC1)NC(=O)N(c1ccc(OC(F)(F)F)cc1)C2=O. The number of amides is 3. The van der Waals surface area contributed by atoms with E-state index in [9.17, 15) is 22.8 Å². The van der Waals surface area contributed by atoms with Gasteiger partial charge in [0.1, 0.15) is 11.3 Å². The van der Waals surface area contributed by atoms with Gasteiger partial charge in [0.05, 0.1) is 5.69 Å². The Morgan fingerprint density at radius 1 is 1.07 bits per heavy atom. The molecule has 1 N–H and O–H groups in total. The quantitative estimate of drug-likeness (QED) is 0.757. The van der Waals surface area contributed by atoms with Crippen molar-refractivity contribution < 1.29 is 27.5 Å². The van der Waals surface area contributed by atoms with Gasteiger partial charge in [-0.3, -0.25) is 4.79 Å². The van der Waals surface area contributed by atoms with Gasteiger partial charge in [-0.25, -0.2) is 9.69 Å². The molecule has 1 aliphatic heterocycles. The van der Waals surface area contributed by atoms with Crippen LogP contribution in [0.4, 0.5) is 23.7 Å². The molecule has 0 atom stereocenters. The van der Waals surface area contributed by atoms with Crippen LogP contribution in [0.15, 0.2) is 24.3 Å². The Labute approximate surface area is 155 Å². The number of anilines is 1. The first-order chi connectivity index (χ1) is 12.4. The van der Waals surface area contributed by atoms with E-state index in [0.29, 0.717) is 18.8 Å². The maximum absolute atomic E-state index is 13.0. The van der Waals surface area contributed by atoms with Gasteiger partial charge in [-0.1, -0.05) is 20.8 Å². The molecule has 5 nitrogen and oxygen atoms in total. The number of alkyl halides is 3. The molecule has 0 aromatic heterocycles. The Kier molecular flexibility index (Phi) is 4.64. The smallest absolute Gasteiger partial charge is 0.406 e. The van der Waals surface area contributed by atoms with Crippen LogP contribution >= 0.6 is 0 Å². The Balaban J connectivity index is 1.75. The molecule has 0 bridgehead atoms. The molecule has 2 aliphatic rings. The number of nitrogens with one attached hydrogen (secondary N) is 1. The van der Waals surface area contributed by atoms with Crippen LogP contribution in [0.1, 0.15) is 46.5 Å². The minimum absolute atomic E-state index is 0.140. The van der Waals surface area contributed by atoms with E-state index in [1.165, 1.54) is 12.1 Å². The normalized spacial score (nSPS) is 26.4. The highest BCUT2D eigenvalue weighted by Gasteiger charge is 2.53. The number of rotatable bonds is 2. The first kappa shape index (κ1) is 19.5. The molecular weight excluding hydrogens is 361 g/mol. The van der Waals surface area contributed by atoms with Crippen molar-refractivity contribution in [3.05, 3.63) is 24.3 Å². The topological polar surface area (TPSA) is 58.6 Å². The predicted octanol–water partition coefficient (Wildman–Crippen LogP) is 4.62. The largest absolute Gasteiger partial charge is 0.573 e. The molecule has 1 aliphatic carbocycles. The van der Waals surface area contributed by atoms with Crippen LogP contribution in [0.3, 0.4) is 0 Å². The summed E-state index contributed by atoms with van der Waals surface area (Å²) in [7, 11) is 0. The van der Waals surface area contributed by atoms with Crippen molar-refractivity contribution in [3.8, 4) is 5.75 Å². The first-order valence-corrected chi connectivity index (χ1v) is 8.94. The molecule has 1 saturated heterocycles. The number of halogens is 3. The summed E-state index contributed by atoms with van der Waals surface area (Å²) in [5.74, 6) is -0.274. The van der Waals surface area contributed by atoms with Gasteiger partial charge in [0.15, 0.2) is 0 Å². The number of hydrogen-bond acceptors (Lipinski definition) is 3. The second kappa shape index (κ2) is 6.42. The maximum atomic E-state index is 13.0. The van der Waals surface area contributed by atoms with Crippen LogP contribution in [-0.4, -0.2) is 23.8 Å². The lowest BCUT2D eigenvalue weighted by Gasteiger charge is -2.40. The first-order valence-electron chi connectivity index (χ1n) is 8.94. The summed E-state index contributed by atoms with van der Waals surface area (Å²) in [6, 6.07) is 4.19. The average molecular weight is 384 g/mol. The highest BCUT2D eigenvalue weighted by molar-refractivity contribution is 6.23. The lowest BCUT2D eigenvalue weighted by Crippen LogP contribution is -2.50. The van der Waals surface area contributed by atoms with E-state index in [4.69, 9.17) is 0 Å². The van der Waals surface area contributed by atoms with Crippen molar-refractivity contribution in [2.75, 3.05) is 4.90 Å². The molecule has 148 valence electrons. The molecule has 27 heavy (non-hydrogen) atoms. The van der Waals surface area contributed by atoms with Crippen LogP contribution in [0.5, 0.6) is 5.75 Å². The van der Waals surface area contributed by atoms with E-state index in [-0.39, 0.29) is 17.0 Å². The summed E-state index contributed by atoms with van der Waals surface area (Å²) >= 11 is 0. The van der Waals surface area contributed by atoms with Gasteiger partial charge in [-0.05, 0) is 61.3 Å². The fourth-order valence-electron chi connectivity index (χ4n) is 3.97. The Bertz CT molecular complexity index is 730. The van der Waals surface area contributed by atoms with E-state index in [2.05, 4.69) is 30.8 Å². The van der Waals surface area contributed by atoms with Crippen molar-refractivity contribution in [2.24, 2.45) is 11.3 Å².